The second-order valence-electron chi connectivity index (χ2n) is 5.95. The Morgan fingerprint density at radius 1 is 1.38 bits per heavy atom. The van der Waals surface area contributed by atoms with E-state index in [0.29, 0.717) is 5.69 Å². The Morgan fingerprint density at radius 3 is 2.71 bits per heavy atom. The normalized spacial score (nSPS) is 16.1. The van der Waals surface area contributed by atoms with E-state index < -0.39 is 4.92 Å². The Bertz CT molecular complexity index is 487. The zero-order valence-electron chi connectivity index (χ0n) is 12.5. The fraction of sp³-hybridized carbons (Fsp3) is 0.600. The molecule has 0 spiro atoms. The molecule has 6 nitrogen and oxygen atoms in total. The van der Waals surface area contributed by atoms with Gasteiger partial charge in [0.25, 0.3) is 5.69 Å². The summed E-state index contributed by atoms with van der Waals surface area (Å²) in [5, 5.41) is 11.0. The van der Waals surface area contributed by atoms with E-state index in [1.807, 2.05) is 6.07 Å². The lowest BCUT2D eigenvalue weighted by molar-refractivity contribution is -0.384. The van der Waals surface area contributed by atoms with Crippen LogP contribution in [0.25, 0.3) is 0 Å². The summed E-state index contributed by atoms with van der Waals surface area (Å²) in [5.41, 5.74) is 3.69. The molecule has 1 aliphatic carbocycles. The highest BCUT2D eigenvalue weighted by Crippen LogP contribution is 2.27. The van der Waals surface area contributed by atoms with Crippen molar-refractivity contribution in [3.63, 3.8) is 0 Å². The quantitative estimate of drug-likeness (QED) is 0.478. The molecule has 0 saturated heterocycles. The predicted molar refractivity (Wildman–Crippen MR) is 83.8 cm³/mol. The summed E-state index contributed by atoms with van der Waals surface area (Å²) in [6.45, 7) is 1.78. The minimum atomic E-state index is -0.403. The molecule has 2 rings (SSSR count). The summed E-state index contributed by atoms with van der Waals surface area (Å²) in [6, 6.07) is 5.16. The molecular formula is C15H24N4O2. The van der Waals surface area contributed by atoms with Crippen LogP contribution in [0.1, 0.15) is 37.7 Å². The minimum absolute atomic E-state index is 0.0288. The monoisotopic (exact) mass is 292 g/mol. The summed E-state index contributed by atoms with van der Waals surface area (Å²) >= 11 is 0. The van der Waals surface area contributed by atoms with Crippen LogP contribution in [0.3, 0.4) is 0 Å². The topological polar surface area (TPSA) is 84.4 Å². The molecular weight excluding hydrogens is 268 g/mol. The maximum Gasteiger partial charge on any atom is 0.293 e. The van der Waals surface area contributed by atoms with Crippen LogP contribution in [0, 0.1) is 16.0 Å². The fourth-order valence-corrected chi connectivity index (χ4v) is 3.14. The molecule has 0 amide bonds. The number of nitro groups is 1. The van der Waals surface area contributed by atoms with Crippen molar-refractivity contribution in [2.45, 2.75) is 38.6 Å². The molecule has 1 aromatic rings. The number of nitro benzene ring substituents is 1. The van der Waals surface area contributed by atoms with Crippen LogP contribution in [-0.2, 0) is 6.54 Å². The molecule has 0 aliphatic heterocycles. The van der Waals surface area contributed by atoms with E-state index >= 15 is 0 Å². The molecule has 0 atom stereocenters. The van der Waals surface area contributed by atoms with Gasteiger partial charge in [0, 0.05) is 19.2 Å². The highest BCUT2D eigenvalue weighted by molar-refractivity contribution is 5.61. The zero-order valence-corrected chi connectivity index (χ0v) is 12.5. The van der Waals surface area contributed by atoms with Gasteiger partial charge < -0.3 is 10.3 Å². The van der Waals surface area contributed by atoms with E-state index in [-0.39, 0.29) is 5.69 Å². The summed E-state index contributed by atoms with van der Waals surface area (Å²) in [5.74, 6) is 6.07. The molecule has 0 bridgehead atoms. The number of nitrogens with one attached hydrogen (secondary N) is 1. The number of anilines is 1. The Balaban J connectivity index is 1.98. The highest BCUT2D eigenvalue weighted by atomic mass is 16.6. The molecule has 21 heavy (non-hydrogen) atoms. The Morgan fingerprint density at radius 2 is 2.10 bits per heavy atom. The van der Waals surface area contributed by atoms with Gasteiger partial charge in [0.1, 0.15) is 5.69 Å². The molecule has 1 saturated carbocycles. The molecule has 1 aliphatic rings. The van der Waals surface area contributed by atoms with Crippen molar-refractivity contribution in [3.8, 4) is 0 Å². The van der Waals surface area contributed by atoms with Gasteiger partial charge in [-0.1, -0.05) is 25.3 Å². The minimum Gasteiger partial charge on any atom is -0.318 e. The molecule has 0 aromatic heterocycles. The molecule has 6 heteroatoms. The number of nitrogens with zero attached hydrogens (tertiary/aromatic N) is 2. The Kier molecular flexibility index (Phi) is 5.52. The van der Waals surface area contributed by atoms with Crippen molar-refractivity contribution in [2.75, 3.05) is 19.0 Å². The van der Waals surface area contributed by atoms with Crippen LogP contribution in [0.15, 0.2) is 18.2 Å². The summed E-state index contributed by atoms with van der Waals surface area (Å²) < 4.78 is 0. The smallest absolute Gasteiger partial charge is 0.293 e. The van der Waals surface area contributed by atoms with E-state index in [1.54, 1.807) is 12.1 Å². The van der Waals surface area contributed by atoms with Gasteiger partial charge in [-0.15, -0.1) is 0 Å². The second-order valence-corrected chi connectivity index (χ2v) is 5.95. The number of rotatable bonds is 6. The van der Waals surface area contributed by atoms with Gasteiger partial charge in [-0.2, -0.15) is 0 Å². The molecule has 1 aromatic carbocycles. The van der Waals surface area contributed by atoms with Crippen molar-refractivity contribution >= 4 is 11.4 Å². The van der Waals surface area contributed by atoms with E-state index in [9.17, 15) is 10.1 Å². The van der Waals surface area contributed by atoms with Crippen LogP contribution in [0.4, 0.5) is 11.4 Å². The number of benzene rings is 1. The van der Waals surface area contributed by atoms with Crippen molar-refractivity contribution in [1.29, 1.82) is 0 Å². The molecule has 0 radical (unpaired) electrons. The summed E-state index contributed by atoms with van der Waals surface area (Å²) in [7, 11) is 2.08. The number of nitrogen functional groups attached to an aromatic ring is 1. The Labute approximate surface area is 125 Å². The highest BCUT2D eigenvalue weighted by Gasteiger charge is 2.17. The molecule has 3 N–H and O–H groups in total. The van der Waals surface area contributed by atoms with Gasteiger partial charge in [0.2, 0.25) is 0 Å². The van der Waals surface area contributed by atoms with Crippen LogP contribution in [0.5, 0.6) is 0 Å². The van der Waals surface area contributed by atoms with Crippen molar-refractivity contribution in [2.24, 2.45) is 11.8 Å². The van der Waals surface area contributed by atoms with Gasteiger partial charge in [-0.3, -0.25) is 16.0 Å². The number of hydrazine groups is 1. The lowest BCUT2D eigenvalue weighted by atomic mass is 9.89. The van der Waals surface area contributed by atoms with Gasteiger partial charge in [-0.05, 0) is 37.4 Å². The van der Waals surface area contributed by atoms with E-state index in [0.717, 1.165) is 24.6 Å². The zero-order chi connectivity index (χ0) is 15.2. The van der Waals surface area contributed by atoms with Crippen molar-refractivity contribution < 1.29 is 4.92 Å². The first-order chi connectivity index (χ1) is 10.1. The second kappa shape index (κ2) is 7.38. The van der Waals surface area contributed by atoms with Crippen LogP contribution in [-0.4, -0.2) is 23.4 Å². The van der Waals surface area contributed by atoms with E-state index in [2.05, 4.69) is 17.4 Å². The van der Waals surface area contributed by atoms with E-state index in [4.69, 9.17) is 5.84 Å². The largest absolute Gasteiger partial charge is 0.318 e. The first-order valence-corrected chi connectivity index (χ1v) is 7.52. The SMILES string of the molecule is CN(Cc1ccc(NN)c([N+](=O)[O-])c1)CC1CCCCC1. The standard InChI is InChI=1S/C15H24N4O2/c1-18(10-12-5-3-2-4-6-12)11-13-7-8-14(17-16)15(9-13)19(20)21/h7-9,12,17H,2-6,10-11,16H2,1H3. The third-order valence-electron chi connectivity index (χ3n) is 4.16. The van der Waals surface area contributed by atoms with Gasteiger partial charge in [-0.25, -0.2) is 0 Å². The summed E-state index contributed by atoms with van der Waals surface area (Å²) in [6.07, 6.45) is 6.64. The number of hydrogen-bond donors (Lipinski definition) is 2. The average Bonchev–Trinajstić information content (AvgIpc) is 2.48. The Hall–Kier alpha value is -1.66. The lowest BCUT2D eigenvalue weighted by Crippen LogP contribution is -2.26. The van der Waals surface area contributed by atoms with E-state index in [1.165, 1.54) is 32.1 Å². The van der Waals surface area contributed by atoms with Crippen LogP contribution in [0.2, 0.25) is 0 Å². The average molecular weight is 292 g/mol. The van der Waals surface area contributed by atoms with Crippen LogP contribution < -0.4 is 11.3 Å². The molecule has 0 heterocycles. The third kappa shape index (κ3) is 4.41. The summed E-state index contributed by atoms with van der Waals surface area (Å²) in [4.78, 5) is 12.9. The lowest BCUT2D eigenvalue weighted by Gasteiger charge is -2.27. The van der Waals surface area contributed by atoms with Crippen molar-refractivity contribution in [1.82, 2.24) is 4.90 Å². The predicted octanol–water partition coefficient (Wildman–Crippen LogP) is 2.89. The molecule has 1 fully saturated rings. The van der Waals surface area contributed by atoms with Gasteiger partial charge in [0.05, 0.1) is 4.92 Å². The fourth-order valence-electron chi connectivity index (χ4n) is 3.14. The van der Waals surface area contributed by atoms with Gasteiger partial charge in [0.15, 0.2) is 0 Å². The maximum absolute atomic E-state index is 11.0. The molecule has 0 unspecified atom stereocenters. The van der Waals surface area contributed by atoms with Gasteiger partial charge >= 0.3 is 0 Å². The van der Waals surface area contributed by atoms with Crippen LogP contribution >= 0.6 is 0 Å². The third-order valence-corrected chi connectivity index (χ3v) is 4.16. The number of hydrogen-bond acceptors (Lipinski definition) is 5. The number of nitrogens with two attached hydrogens (primary N) is 1. The van der Waals surface area contributed by atoms with Crippen molar-refractivity contribution in [3.05, 3.63) is 33.9 Å². The maximum atomic E-state index is 11.0. The molecule has 116 valence electrons. The first kappa shape index (κ1) is 15.7. The first-order valence-electron chi connectivity index (χ1n) is 7.52.